The molecule has 4 heteroatoms. The zero-order valence-electron chi connectivity index (χ0n) is 11.8. The van der Waals surface area contributed by atoms with Gasteiger partial charge in [-0.1, -0.05) is 32.6 Å². The van der Waals surface area contributed by atoms with Gasteiger partial charge in [0.2, 0.25) is 0 Å². The summed E-state index contributed by atoms with van der Waals surface area (Å²) in [4.78, 5) is 16.7. The fourth-order valence-electron chi connectivity index (χ4n) is 2.36. The number of unbranched alkanes of at least 4 members (excludes halogenated alkanes) is 3. The Morgan fingerprint density at radius 2 is 1.95 bits per heavy atom. The van der Waals surface area contributed by atoms with Crippen molar-refractivity contribution in [3.8, 4) is 0 Å². The molecule has 2 aromatic rings. The third-order valence-electron chi connectivity index (χ3n) is 3.42. The van der Waals surface area contributed by atoms with E-state index in [0.29, 0.717) is 6.04 Å². The monoisotopic (exact) mass is 261 g/mol. The number of benzene rings is 1. The van der Waals surface area contributed by atoms with Crippen molar-refractivity contribution >= 4 is 16.7 Å². The number of fused-ring (bicyclic) bond motifs is 1. The maximum absolute atomic E-state index is 11.2. The number of rotatable bonds is 7. The summed E-state index contributed by atoms with van der Waals surface area (Å²) in [5, 5.41) is 3.48. The summed E-state index contributed by atoms with van der Waals surface area (Å²) < 4.78 is 0. The standard InChI is InChI=1S/C15H23N3O/c1-3-4-5-6-7-11(2)16-12-8-9-13-14(10-12)18-15(19)17-13/h8-11,16H,3-7H2,1-2H3,(H2,17,18,19). The fraction of sp³-hybridized carbons (Fsp3) is 0.533. The van der Waals surface area contributed by atoms with E-state index in [2.05, 4.69) is 29.1 Å². The van der Waals surface area contributed by atoms with Crippen molar-refractivity contribution in [1.82, 2.24) is 9.97 Å². The van der Waals surface area contributed by atoms with Crippen LogP contribution in [0.15, 0.2) is 23.0 Å². The first-order valence-corrected chi connectivity index (χ1v) is 7.17. The van der Waals surface area contributed by atoms with Crippen molar-refractivity contribution in [3.05, 3.63) is 28.7 Å². The van der Waals surface area contributed by atoms with Crippen LogP contribution in [0, 0.1) is 0 Å². The summed E-state index contributed by atoms with van der Waals surface area (Å²) >= 11 is 0. The maximum atomic E-state index is 11.2. The number of imidazole rings is 1. The second kappa shape index (κ2) is 6.45. The van der Waals surface area contributed by atoms with Crippen LogP contribution in [0.2, 0.25) is 0 Å². The molecule has 1 aromatic heterocycles. The molecule has 104 valence electrons. The van der Waals surface area contributed by atoms with Crippen molar-refractivity contribution in [2.45, 2.75) is 52.0 Å². The molecular weight excluding hydrogens is 238 g/mol. The third-order valence-corrected chi connectivity index (χ3v) is 3.42. The summed E-state index contributed by atoms with van der Waals surface area (Å²) in [5.41, 5.74) is 2.62. The van der Waals surface area contributed by atoms with E-state index in [9.17, 15) is 4.79 Å². The van der Waals surface area contributed by atoms with Gasteiger partial charge in [0.25, 0.3) is 0 Å². The number of hydrogen-bond acceptors (Lipinski definition) is 2. The van der Waals surface area contributed by atoms with Gasteiger partial charge in [0.15, 0.2) is 0 Å². The largest absolute Gasteiger partial charge is 0.383 e. The second-order valence-corrected chi connectivity index (χ2v) is 5.23. The normalized spacial score (nSPS) is 12.7. The summed E-state index contributed by atoms with van der Waals surface area (Å²) in [6, 6.07) is 6.38. The van der Waals surface area contributed by atoms with Crippen molar-refractivity contribution in [1.29, 1.82) is 0 Å². The van der Waals surface area contributed by atoms with Crippen LogP contribution in [0.1, 0.15) is 46.0 Å². The van der Waals surface area contributed by atoms with Gasteiger partial charge in [0.1, 0.15) is 0 Å². The molecule has 0 spiro atoms. The molecule has 4 nitrogen and oxygen atoms in total. The summed E-state index contributed by atoms with van der Waals surface area (Å²) in [6.45, 7) is 4.44. The quantitative estimate of drug-likeness (QED) is 0.666. The molecule has 1 aromatic carbocycles. The van der Waals surface area contributed by atoms with Crippen LogP contribution >= 0.6 is 0 Å². The molecule has 3 N–H and O–H groups in total. The molecule has 2 rings (SSSR count). The average Bonchev–Trinajstić information content (AvgIpc) is 2.74. The SMILES string of the molecule is CCCCCCC(C)Nc1ccc2[nH]c(=O)[nH]c2c1. The van der Waals surface area contributed by atoms with Gasteiger partial charge < -0.3 is 15.3 Å². The lowest BCUT2D eigenvalue weighted by atomic mass is 10.1. The molecule has 0 aliphatic rings. The Hall–Kier alpha value is -1.71. The minimum absolute atomic E-state index is 0.153. The van der Waals surface area contributed by atoms with Crippen LogP contribution < -0.4 is 11.0 Å². The maximum Gasteiger partial charge on any atom is 0.323 e. The highest BCUT2D eigenvalue weighted by molar-refractivity contribution is 5.78. The number of aromatic amines is 2. The molecule has 0 fully saturated rings. The first-order chi connectivity index (χ1) is 9.19. The second-order valence-electron chi connectivity index (χ2n) is 5.23. The predicted molar refractivity (Wildman–Crippen MR) is 80.8 cm³/mol. The van der Waals surface area contributed by atoms with E-state index in [-0.39, 0.29) is 5.69 Å². The lowest BCUT2D eigenvalue weighted by molar-refractivity contribution is 0.594. The van der Waals surface area contributed by atoms with Gasteiger partial charge in [-0.3, -0.25) is 0 Å². The van der Waals surface area contributed by atoms with E-state index < -0.39 is 0 Å². The summed E-state index contributed by atoms with van der Waals surface area (Å²) in [6.07, 6.45) is 6.36. The van der Waals surface area contributed by atoms with Crippen LogP contribution in [0.4, 0.5) is 5.69 Å². The molecule has 0 radical (unpaired) electrons. The Kier molecular flexibility index (Phi) is 4.66. The Balaban J connectivity index is 1.91. The van der Waals surface area contributed by atoms with Gasteiger partial charge in [-0.15, -0.1) is 0 Å². The number of nitrogens with one attached hydrogen (secondary N) is 3. The lowest BCUT2D eigenvalue weighted by Gasteiger charge is -2.15. The van der Waals surface area contributed by atoms with Crippen LogP contribution in [0.3, 0.4) is 0 Å². The van der Waals surface area contributed by atoms with E-state index in [4.69, 9.17) is 0 Å². The Labute approximate surface area is 113 Å². The van der Waals surface area contributed by atoms with Crippen molar-refractivity contribution in [2.24, 2.45) is 0 Å². The van der Waals surface area contributed by atoms with E-state index in [0.717, 1.165) is 16.7 Å². The zero-order valence-corrected chi connectivity index (χ0v) is 11.8. The van der Waals surface area contributed by atoms with Crippen molar-refractivity contribution in [3.63, 3.8) is 0 Å². The third kappa shape index (κ3) is 3.88. The van der Waals surface area contributed by atoms with Gasteiger partial charge in [-0.05, 0) is 31.5 Å². The van der Waals surface area contributed by atoms with E-state index in [1.807, 2.05) is 18.2 Å². The minimum Gasteiger partial charge on any atom is -0.383 e. The van der Waals surface area contributed by atoms with Crippen molar-refractivity contribution in [2.75, 3.05) is 5.32 Å². The first kappa shape index (κ1) is 13.7. The van der Waals surface area contributed by atoms with Crippen LogP contribution in [-0.2, 0) is 0 Å². The van der Waals surface area contributed by atoms with Crippen LogP contribution in [0.25, 0.3) is 11.0 Å². The smallest absolute Gasteiger partial charge is 0.323 e. The molecule has 0 saturated carbocycles. The van der Waals surface area contributed by atoms with E-state index in [1.165, 1.54) is 32.1 Å². The Bertz CT molecular complexity index is 570. The van der Waals surface area contributed by atoms with Crippen LogP contribution in [0.5, 0.6) is 0 Å². The average molecular weight is 261 g/mol. The molecule has 19 heavy (non-hydrogen) atoms. The van der Waals surface area contributed by atoms with Gasteiger partial charge in [-0.25, -0.2) is 4.79 Å². The summed E-state index contributed by atoms with van der Waals surface area (Å²) in [5.74, 6) is 0. The first-order valence-electron chi connectivity index (χ1n) is 7.17. The number of anilines is 1. The highest BCUT2D eigenvalue weighted by atomic mass is 16.1. The number of aromatic nitrogens is 2. The molecule has 0 saturated heterocycles. The number of H-pyrrole nitrogens is 2. The topological polar surface area (TPSA) is 60.7 Å². The molecule has 0 amide bonds. The highest BCUT2D eigenvalue weighted by Gasteiger charge is 2.04. The molecule has 1 unspecified atom stereocenters. The van der Waals surface area contributed by atoms with Gasteiger partial charge in [0, 0.05) is 11.7 Å². The van der Waals surface area contributed by atoms with Crippen molar-refractivity contribution < 1.29 is 0 Å². The molecule has 0 bridgehead atoms. The van der Waals surface area contributed by atoms with E-state index in [1.54, 1.807) is 0 Å². The summed E-state index contributed by atoms with van der Waals surface area (Å²) in [7, 11) is 0. The van der Waals surface area contributed by atoms with Gasteiger partial charge >= 0.3 is 5.69 Å². The minimum atomic E-state index is -0.153. The Morgan fingerprint density at radius 3 is 2.74 bits per heavy atom. The fourth-order valence-corrected chi connectivity index (χ4v) is 2.36. The number of hydrogen-bond donors (Lipinski definition) is 3. The molecular formula is C15H23N3O. The van der Waals surface area contributed by atoms with Crippen LogP contribution in [-0.4, -0.2) is 16.0 Å². The molecule has 0 aliphatic heterocycles. The Morgan fingerprint density at radius 1 is 1.16 bits per heavy atom. The predicted octanol–water partition coefficient (Wildman–Crippen LogP) is 3.63. The molecule has 1 heterocycles. The van der Waals surface area contributed by atoms with E-state index >= 15 is 0 Å². The van der Waals surface area contributed by atoms with Gasteiger partial charge in [-0.2, -0.15) is 0 Å². The molecule has 1 atom stereocenters. The highest BCUT2D eigenvalue weighted by Crippen LogP contribution is 2.17. The van der Waals surface area contributed by atoms with Gasteiger partial charge in [0.05, 0.1) is 11.0 Å². The zero-order chi connectivity index (χ0) is 13.7. The molecule has 0 aliphatic carbocycles. The lowest BCUT2D eigenvalue weighted by Crippen LogP contribution is -2.14.